The van der Waals surface area contributed by atoms with Crippen molar-refractivity contribution in [2.24, 2.45) is 0 Å². The van der Waals surface area contributed by atoms with E-state index in [0.717, 1.165) is 6.42 Å². The van der Waals surface area contributed by atoms with E-state index >= 15 is 0 Å². The van der Waals surface area contributed by atoms with Crippen molar-refractivity contribution in [1.82, 2.24) is 0 Å². The summed E-state index contributed by atoms with van der Waals surface area (Å²) < 4.78 is 6.21. The van der Waals surface area contributed by atoms with Gasteiger partial charge in [-0.15, -0.1) is 0 Å². The molecule has 2 aliphatic heterocycles. The first-order chi connectivity index (χ1) is 9.87. The van der Waals surface area contributed by atoms with Gasteiger partial charge in [-0.1, -0.05) is 12.1 Å². The van der Waals surface area contributed by atoms with Gasteiger partial charge in [-0.25, -0.2) is 0 Å². The van der Waals surface area contributed by atoms with Crippen LogP contribution in [0.2, 0.25) is 0 Å². The predicted molar refractivity (Wildman–Crippen MR) is 89.2 cm³/mol. The van der Waals surface area contributed by atoms with Crippen LogP contribution >= 0.6 is 0 Å². The van der Waals surface area contributed by atoms with Gasteiger partial charge in [0.05, 0.1) is 28.6 Å². The molecule has 0 bridgehead atoms. The van der Waals surface area contributed by atoms with E-state index in [1.165, 1.54) is 37.3 Å². The van der Waals surface area contributed by atoms with Crippen molar-refractivity contribution in [3.8, 4) is 0 Å². The molecule has 1 N–H and O–H groups in total. The summed E-state index contributed by atoms with van der Waals surface area (Å²) in [5.74, 6) is 0. The molecule has 1 aromatic carbocycles. The lowest BCUT2D eigenvalue weighted by Gasteiger charge is -2.30. The molecule has 116 valence electrons. The molecular formula is C18H28N2O. The van der Waals surface area contributed by atoms with E-state index in [2.05, 4.69) is 62.2 Å². The smallest absolute Gasteiger partial charge is 0.0834 e. The maximum atomic E-state index is 6.21. The van der Waals surface area contributed by atoms with E-state index in [1.807, 2.05) is 0 Å². The lowest BCUT2D eigenvalue weighted by atomic mass is 9.94. The minimum absolute atomic E-state index is 0.0518. The predicted octanol–water partition coefficient (Wildman–Crippen LogP) is 4.04. The topological polar surface area (TPSA) is 24.5 Å². The molecule has 3 nitrogen and oxygen atoms in total. The average molecular weight is 288 g/mol. The number of rotatable bonds is 3. The summed E-state index contributed by atoms with van der Waals surface area (Å²) in [4.78, 5) is 2.50. The fourth-order valence-electron chi connectivity index (χ4n) is 3.80. The molecule has 0 radical (unpaired) electrons. The number of hydrogen-bond donors (Lipinski definition) is 1. The van der Waals surface area contributed by atoms with Crippen molar-refractivity contribution in [1.29, 1.82) is 0 Å². The van der Waals surface area contributed by atoms with Crippen molar-refractivity contribution in [2.45, 2.75) is 64.2 Å². The number of para-hydroxylation sites is 2. The summed E-state index contributed by atoms with van der Waals surface area (Å²) in [6.07, 6.45) is 3.65. The van der Waals surface area contributed by atoms with Gasteiger partial charge in [-0.2, -0.15) is 0 Å². The lowest BCUT2D eigenvalue weighted by Crippen LogP contribution is -2.38. The summed E-state index contributed by atoms with van der Waals surface area (Å²) >= 11 is 0. The van der Waals surface area contributed by atoms with Gasteiger partial charge in [-0.3, -0.25) is 0 Å². The van der Waals surface area contributed by atoms with E-state index < -0.39 is 0 Å². The lowest BCUT2D eigenvalue weighted by molar-refractivity contribution is -0.0662. The van der Waals surface area contributed by atoms with E-state index in [-0.39, 0.29) is 11.2 Å². The van der Waals surface area contributed by atoms with Crippen molar-refractivity contribution in [3.63, 3.8) is 0 Å². The highest BCUT2D eigenvalue weighted by atomic mass is 16.5. The van der Waals surface area contributed by atoms with E-state index in [4.69, 9.17) is 4.74 Å². The van der Waals surface area contributed by atoms with Crippen LogP contribution in [0.5, 0.6) is 0 Å². The molecule has 1 unspecified atom stereocenters. The second-order valence-corrected chi connectivity index (χ2v) is 7.58. The molecule has 1 aromatic rings. The number of nitrogens with one attached hydrogen (secondary N) is 1. The molecule has 3 heteroatoms. The Morgan fingerprint density at radius 2 is 1.76 bits per heavy atom. The van der Waals surface area contributed by atoms with Crippen LogP contribution in [0.25, 0.3) is 0 Å². The van der Waals surface area contributed by atoms with Crippen molar-refractivity contribution >= 4 is 11.4 Å². The number of anilines is 2. The maximum Gasteiger partial charge on any atom is 0.0834 e. The summed E-state index contributed by atoms with van der Waals surface area (Å²) in [5, 5.41) is 3.77. The Hall–Kier alpha value is -1.22. The summed E-state index contributed by atoms with van der Waals surface area (Å²) in [6, 6.07) is 9.04. The van der Waals surface area contributed by atoms with Gasteiger partial charge in [0.2, 0.25) is 0 Å². The Bertz CT molecular complexity index is 504. The van der Waals surface area contributed by atoms with Gasteiger partial charge >= 0.3 is 0 Å². The molecule has 0 spiro atoms. The van der Waals surface area contributed by atoms with Crippen LogP contribution in [0.4, 0.5) is 11.4 Å². The third kappa shape index (κ3) is 3.03. The standard InChI is InChI=1S/C18H28N2O/c1-17(2)13-16(18(3,4)21-17)19-14-9-5-6-10-15(14)20-11-7-8-12-20/h5-6,9-10,16,19H,7-8,11-13H2,1-4H3. The Labute approximate surface area is 128 Å². The Balaban J connectivity index is 1.82. The molecule has 3 rings (SSSR count). The maximum absolute atomic E-state index is 6.21. The number of ether oxygens (including phenoxy) is 1. The van der Waals surface area contributed by atoms with E-state index in [1.54, 1.807) is 0 Å². The fourth-order valence-corrected chi connectivity index (χ4v) is 3.80. The monoisotopic (exact) mass is 288 g/mol. The molecule has 2 saturated heterocycles. The molecule has 0 saturated carbocycles. The minimum Gasteiger partial charge on any atom is -0.378 e. The Morgan fingerprint density at radius 3 is 2.38 bits per heavy atom. The van der Waals surface area contributed by atoms with Crippen LogP contribution in [0.1, 0.15) is 47.0 Å². The second-order valence-electron chi connectivity index (χ2n) is 7.58. The molecule has 0 aromatic heterocycles. The average Bonchev–Trinajstić information content (AvgIpc) is 2.96. The quantitative estimate of drug-likeness (QED) is 0.908. The van der Waals surface area contributed by atoms with Crippen LogP contribution in [-0.2, 0) is 4.74 Å². The highest BCUT2D eigenvalue weighted by Gasteiger charge is 2.46. The second kappa shape index (κ2) is 5.20. The zero-order valence-corrected chi connectivity index (χ0v) is 13.8. The molecule has 0 aliphatic carbocycles. The first kappa shape index (κ1) is 14.7. The minimum atomic E-state index is -0.137. The zero-order chi connectivity index (χ0) is 15.1. The van der Waals surface area contributed by atoms with Gasteiger partial charge in [-0.05, 0) is 59.1 Å². The van der Waals surface area contributed by atoms with Crippen LogP contribution in [0, 0.1) is 0 Å². The number of benzene rings is 1. The van der Waals surface area contributed by atoms with Gasteiger partial charge in [0.25, 0.3) is 0 Å². The highest BCUT2D eigenvalue weighted by molar-refractivity contribution is 5.70. The van der Waals surface area contributed by atoms with Crippen molar-refractivity contribution < 1.29 is 4.74 Å². The molecular weight excluding hydrogens is 260 g/mol. The molecule has 2 fully saturated rings. The molecule has 1 atom stereocenters. The number of nitrogens with zero attached hydrogens (tertiary/aromatic N) is 1. The Kier molecular flexibility index (Phi) is 3.64. The third-order valence-corrected chi connectivity index (χ3v) is 4.75. The van der Waals surface area contributed by atoms with Crippen molar-refractivity contribution in [3.05, 3.63) is 24.3 Å². The van der Waals surface area contributed by atoms with Gasteiger partial charge in [0.15, 0.2) is 0 Å². The van der Waals surface area contributed by atoms with E-state index in [9.17, 15) is 0 Å². The molecule has 21 heavy (non-hydrogen) atoms. The zero-order valence-electron chi connectivity index (χ0n) is 13.8. The summed E-state index contributed by atoms with van der Waals surface area (Å²) in [7, 11) is 0. The normalized spacial score (nSPS) is 27.0. The Morgan fingerprint density at radius 1 is 1.10 bits per heavy atom. The molecule has 0 amide bonds. The van der Waals surface area contributed by atoms with Gasteiger partial charge < -0.3 is 15.0 Å². The SMILES string of the molecule is CC1(C)CC(Nc2ccccc2N2CCCC2)C(C)(C)O1. The van der Waals surface area contributed by atoms with Gasteiger partial charge in [0.1, 0.15) is 0 Å². The first-order valence-corrected chi connectivity index (χ1v) is 8.18. The largest absolute Gasteiger partial charge is 0.378 e. The van der Waals surface area contributed by atoms with Gasteiger partial charge in [0, 0.05) is 13.1 Å². The highest BCUT2D eigenvalue weighted by Crippen LogP contribution is 2.40. The first-order valence-electron chi connectivity index (χ1n) is 8.18. The summed E-state index contributed by atoms with van der Waals surface area (Å²) in [5.41, 5.74) is 2.40. The summed E-state index contributed by atoms with van der Waals surface area (Å²) in [6.45, 7) is 11.1. The van der Waals surface area contributed by atoms with Crippen LogP contribution in [0.3, 0.4) is 0 Å². The van der Waals surface area contributed by atoms with Crippen molar-refractivity contribution in [2.75, 3.05) is 23.3 Å². The number of hydrogen-bond acceptors (Lipinski definition) is 3. The third-order valence-electron chi connectivity index (χ3n) is 4.75. The van der Waals surface area contributed by atoms with Crippen LogP contribution in [-0.4, -0.2) is 30.3 Å². The van der Waals surface area contributed by atoms with E-state index in [0.29, 0.717) is 6.04 Å². The van der Waals surface area contributed by atoms with Crippen LogP contribution in [0.15, 0.2) is 24.3 Å². The molecule has 2 aliphatic rings. The van der Waals surface area contributed by atoms with Crippen LogP contribution < -0.4 is 10.2 Å². The molecule has 2 heterocycles. The fraction of sp³-hybridized carbons (Fsp3) is 0.667.